The number of hydrogen-bond acceptors (Lipinski definition) is 2. The van der Waals surface area contributed by atoms with Crippen LogP contribution < -0.4 is 0 Å². The van der Waals surface area contributed by atoms with E-state index in [2.05, 4.69) is 61.5 Å². The highest BCUT2D eigenvalue weighted by molar-refractivity contribution is 6.21. The summed E-state index contributed by atoms with van der Waals surface area (Å²) in [5.74, 6) is -0.185. The number of carbonyl (C=O) groups is 2. The lowest BCUT2D eigenvalue weighted by atomic mass is 9.66. The van der Waals surface area contributed by atoms with Crippen molar-refractivity contribution in [1.82, 2.24) is 0 Å². The Kier molecular flexibility index (Phi) is 5.97. The number of hydrogen-bond donors (Lipinski definition) is 0. The zero-order valence-electron chi connectivity index (χ0n) is 19.0. The van der Waals surface area contributed by atoms with Gasteiger partial charge in [-0.05, 0) is 41.5 Å². The average molecular weight is 422 g/mol. The fraction of sp³-hybridized carbons (Fsp3) is 0.267. The molecule has 0 N–H and O–H groups in total. The van der Waals surface area contributed by atoms with E-state index in [-0.39, 0.29) is 22.6 Å². The summed E-state index contributed by atoms with van der Waals surface area (Å²) < 4.78 is 0. The summed E-state index contributed by atoms with van der Waals surface area (Å²) in [4.78, 5) is 25.7. The lowest BCUT2D eigenvalue weighted by Crippen LogP contribution is -2.33. The average Bonchev–Trinajstić information content (AvgIpc) is 2.77. The molecule has 2 heteroatoms. The van der Waals surface area contributed by atoms with Crippen LogP contribution >= 0.6 is 0 Å². The topological polar surface area (TPSA) is 34.1 Å². The minimum absolute atomic E-state index is 0.0924. The van der Waals surface area contributed by atoms with E-state index in [1.807, 2.05) is 50.2 Å². The number of Topliss-reactive ketones (excluding diaryl/α,β-unsaturated/α-hetero) is 2. The molecule has 0 atom stereocenters. The van der Waals surface area contributed by atoms with Crippen LogP contribution in [0.2, 0.25) is 0 Å². The second-order valence-corrected chi connectivity index (χ2v) is 9.60. The van der Waals surface area contributed by atoms with E-state index >= 15 is 0 Å². The Bertz CT molecular complexity index is 1070. The Morgan fingerprint density at radius 2 is 1.16 bits per heavy atom. The van der Waals surface area contributed by atoms with Crippen LogP contribution in [0, 0.1) is 18.4 Å². The summed E-state index contributed by atoms with van der Waals surface area (Å²) in [5.41, 5.74) is 3.92. The molecule has 1 radical (unpaired) electrons. The molecule has 1 aliphatic rings. The first-order valence-electron chi connectivity index (χ1n) is 11.2. The van der Waals surface area contributed by atoms with Gasteiger partial charge in [-0.3, -0.25) is 9.59 Å². The first kappa shape index (κ1) is 22.0. The number of aryl methyl sites for hydroxylation is 1. The van der Waals surface area contributed by atoms with Crippen LogP contribution in [0.15, 0.2) is 90.5 Å². The first-order chi connectivity index (χ1) is 15.3. The Morgan fingerprint density at radius 1 is 0.719 bits per heavy atom. The van der Waals surface area contributed by atoms with E-state index in [4.69, 9.17) is 0 Å². The Morgan fingerprint density at radius 3 is 1.62 bits per heavy atom. The molecule has 4 rings (SSSR count). The van der Waals surface area contributed by atoms with Crippen molar-refractivity contribution in [2.45, 2.75) is 45.4 Å². The van der Waals surface area contributed by atoms with Crippen molar-refractivity contribution in [2.75, 3.05) is 0 Å². The molecule has 161 valence electrons. The van der Waals surface area contributed by atoms with Gasteiger partial charge >= 0.3 is 0 Å². The van der Waals surface area contributed by atoms with Crippen molar-refractivity contribution in [1.29, 1.82) is 0 Å². The second-order valence-electron chi connectivity index (χ2n) is 9.60. The minimum Gasteiger partial charge on any atom is -0.294 e. The van der Waals surface area contributed by atoms with Gasteiger partial charge < -0.3 is 0 Å². The van der Waals surface area contributed by atoms with Gasteiger partial charge in [-0.2, -0.15) is 0 Å². The molecule has 1 fully saturated rings. The van der Waals surface area contributed by atoms with E-state index in [0.29, 0.717) is 19.3 Å². The molecule has 0 heterocycles. The molecule has 2 nitrogen and oxygen atoms in total. The van der Waals surface area contributed by atoms with Gasteiger partial charge in [-0.1, -0.05) is 104 Å². The summed E-state index contributed by atoms with van der Waals surface area (Å²) >= 11 is 0. The highest BCUT2D eigenvalue weighted by Crippen LogP contribution is 2.43. The third-order valence-electron chi connectivity index (χ3n) is 6.44. The van der Waals surface area contributed by atoms with Crippen LogP contribution in [0.1, 0.15) is 55.4 Å². The van der Waals surface area contributed by atoms with Crippen molar-refractivity contribution in [2.24, 2.45) is 5.41 Å². The minimum atomic E-state index is -0.559. The molecule has 1 saturated carbocycles. The van der Waals surface area contributed by atoms with E-state index in [1.165, 1.54) is 5.56 Å². The number of benzene rings is 3. The quantitative estimate of drug-likeness (QED) is 0.271. The SMILES string of the molecule is Cc1ccc(C(C[C]=C2C(=O)CC(C)(C)CC2=O)(c2ccccc2)c2ccccc2)cc1. The smallest absolute Gasteiger partial charge is 0.167 e. The fourth-order valence-corrected chi connectivity index (χ4v) is 4.77. The monoisotopic (exact) mass is 421 g/mol. The van der Waals surface area contributed by atoms with Gasteiger partial charge in [0.05, 0.1) is 5.57 Å². The predicted molar refractivity (Wildman–Crippen MR) is 128 cm³/mol. The molecule has 0 spiro atoms. The number of ketones is 2. The van der Waals surface area contributed by atoms with Gasteiger partial charge in [0.2, 0.25) is 0 Å². The summed E-state index contributed by atoms with van der Waals surface area (Å²) in [7, 11) is 0. The molecular weight excluding hydrogens is 392 g/mol. The van der Waals surface area contributed by atoms with E-state index in [0.717, 1.165) is 16.7 Å². The molecule has 0 unspecified atom stereocenters. The summed E-state index contributed by atoms with van der Waals surface area (Å²) in [6.07, 6.45) is 4.51. The maximum absolute atomic E-state index is 12.9. The molecule has 1 aliphatic carbocycles. The summed E-state index contributed by atoms with van der Waals surface area (Å²) in [6.45, 7) is 6.03. The summed E-state index contributed by atoms with van der Waals surface area (Å²) in [5, 5.41) is 0. The third-order valence-corrected chi connectivity index (χ3v) is 6.44. The van der Waals surface area contributed by atoms with Crippen LogP contribution in [-0.4, -0.2) is 11.6 Å². The number of rotatable bonds is 5. The first-order valence-corrected chi connectivity index (χ1v) is 11.2. The van der Waals surface area contributed by atoms with Gasteiger partial charge in [-0.25, -0.2) is 0 Å². The Labute approximate surface area is 191 Å². The lowest BCUT2D eigenvalue weighted by molar-refractivity contribution is -0.127. The van der Waals surface area contributed by atoms with E-state index in [9.17, 15) is 9.59 Å². The molecule has 3 aromatic carbocycles. The van der Waals surface area contributed by atoms with E-state index < -0.39 is 5.41 Å². The van der Waals surface area contributed by atoms with Gasteiger partial charge in [0, 0.05) is 18.3 Å². The molecule has 0 aliphatic heterocycles. The maximum atomic E-state index is 12.9. The normalized spacial score (nSPS) is 16.2. The van der Waals surface area contributed by atoms with Gasteiger partial charge in [0.1, 0.15) is 0 Å². The van der Waals surface area contributed by atoms with Gasteiger partial charge in [-0.15, -0.1) is 0 Å². The fourth-order valence-electron chi connectivity index (χ4n) is 4.77. The van der Waals surface area contributed by atoms with Crippen molar-refractivity contribution in [3.63, 3.8) is 0 Å². The molecule has 32 heavy (non-hydrogen) atoms. The zero-order valence-corrected chi connectivity index (χ0v) is 19.0. The Hall–Kier alpha value is -3.26. The maximum Gasteiger partial charge on any atom is 0.167 e. The van der Waals surface area contributed by atoms with Crippen molar-refractivity contribution >= 4 is 11.6 Å². The largest absolute Gasteiger partial charge is 0.294 e. The molecule has 0 amide bonds. The second kappa shape index (κ2) is 8.70. The van der Waals surface area contributed by atoms with E-state index in [1.54, 1.807) is 0 Å². The molecule has 0 bridgehead atoms. The van der Waals surface area contributed by atoms with Crippen LogP contribution in [0.25, 0.3) is 0 Å². The standard InChI is InChI=1S/C30H29O2/c1-22-14-16-25(17-15-22)30(23-10-6-4-7-11-23,24-12-8-5-9-13-24)19-18-26-27(31)20-29(2,3)21-28(26)32/h4-17H,19-21H2,1-3H3. The molecule has 0 aromatic heterocycles. The number of carbonyl (C=O) groups excluding carboxylic acids is 2. The highest BCUT2D eigenvalue weighted by Gasteiger charge is 2.39. The van der Waals surface area contributed by atoms with Crippen molar-refractivity contribution in [3.05, 3.63) is 119 Å². The van der Waals surface area contributed by atoms with Gasteiger partial charge in [0.25, 0.3) is 0 Å². The number of allylic oxidation sites excluding steroid dienone is 2. The highest BCUT2D eigenvalue weighted by atomic mass is 16.1. The van der Waals surface area contributed by atoms with Crippen LogP contribution in [0.4, 0.5) is 0 Å². The van der Waals surface area contributed by atoms with Crippen LogP contribution in [0.5, 0.6) is 0 Å². The molecule has 0 saturated heterocycles. The Balaban J connectivity index is 1.90. The molecular formula is C30H29O2. The third kappa shape index (κ3) is 4.23. The van der Waals surface area contributed by atoms with Crippen LogP contribution in [0.3, 0.4) is 0 Å². The van der Waals surface area contributed by atoms with Crippen molar-refractivity contribution < 1.29 is 9.59 Å². The predicted octanol–water partition coefficient (Wildman–Crippen LogP) is 6.41. The zero-order chi connectivity index (χ0) is 22.8. The summed E-state index contributed by atoms with van der Waals surface area (Å²) in [6, 6.07) is 29.2. The van der Waals surface area contributed by atoms with Gasteiger partial charge in [0.15, 0.2) is 11.6 Å². The lowest BCUT2D eigenvalue weighted by Gasteiger charge is -2.36. The molecule has 3 aromatic rings. The van der Waals surface area contributed by atoms with Crippen LogP contribution in [-0.2, 0) is 15.0 Å². The van der Waals surface area contributed by atoms with Crippen molar-refractivity contribution in [3.8, 4) is 0 Å².